The number of hydrogen-bond donors (Lipinski definition) is 3. The minimum Gasteiger partial charge on any atom is -0.396 e. The van der Waals surface area contributed by atoms with Gasteiger partial charge in [0.1, 0.15) is 12.1 Å². The molecule has 0 bridgehead atoms. The molecular formula is C15H20N4O2. The lowest BCUT2D eigenvalue weighted by Gasteiger charge is -2.08. The molecule has 0 saturated carbocycles. The smallest absolute Gasteiger partial charge is 0.220 e. The summed E-state index contributed by atoms with van der Waals surface area (Å²) in [5, 5.41) is 15.6. The number of aliphatic hydroxyl groups excluding tert-OH is 1. The monoisotopic (exact) mass is 288 g/mol. The van der Waals surface area contributed by atoms with Gasteiger partial charge in [0.15, 0.2) is 0 Å². The fraction of sp³-hybridized carbons (Fsp3) is 0.400. The minimum absolute atomic E-state index is 0.0118. The molecule has 0 aliphatic heterocycles. The van der Waals surface area contributed by atoms with E-state index in [1.165, 1.54) is 6.33 Å². The number of para-hydroxylation sites is 1. The van der Waals surface area contributed by atoms with Gasteiger partial charge in [-0.25, -0.2) is 9.97 Å². The molecule has 0 saturated heterocycles. The summed E-state index contributed by atoms with van der Waals surface area (Å²) in [6.45, 7) is 1.30. The third-order valence-electron chi connectivity index (χ3n) is 3.07. The normalized spacial score (nSPS) is 10.5. The van der Waals surface area contributed by atoms with Crippen LogP contribution in [0.1, 0.15) is 19.3 Å². The summed E-state index contributed by atoms with van der Waals surface area (Å²) in [5.41, 5.74) is 0.900. The van der Waals surface area contributed by atoms with Crippen molar-refractivity contribution >= 4 is 22.6 Å². The van der Waals surface area contributed by atoms with Gasteiger partial charge >= 0.3 is 0 Å². The maximum absolute atomic E-state index is 11.5. The van der Waals surface area contributed by atoms with Gasteiger partial charge in [0, 0.05) is 31.5 Å². The zero-order valence-electron chi connectivity index (χ0n) is 11.9. The molecule has 0 unspecified atom stereocenters. The second kappa shape index (κ2) is 8.16. The number of nitrogens with one attached hydrogen (secondary N) is 2. The van der Waals surface area contributed by atoms with Crippen LogP contribution in [0.2, 0.25) is 0 Å². The highest BCUT2D eigenvalue weighted by Crippen LogP contribution is 2.18. The molecular weight excluding hydrogens is 268 g/mol. The maximum atomic E-state index is 11.5. The first-order valence-electron chi connectivity index (χ1n) is 7.12. The lowest BCUT2D eigenvalue weighted by molar-refractivity contribution is -0.121. The Morgan fingerprint density at radius 1 is 1.14 bits per heavy atom. The predicted molar refractivity (Wildman–Crippen MR) is 82.0 cm³/mol. The molecule has 1 heterocycles. The number of benzene rings is 1. The van der Waals surface area contributed by atoms with Gasteiger partial charge in [0.25, 0.3) is 0 Å². The van der Waals surface area contributed by atoms with Crippen LogP contribution in [0.3, 0.4) is 0 Å². The summed E-state index contributed by atoms with van der Waals surface area (Å²) in [5.74, 6) is 0.805. The molecule has 3 N–H and O–H groups in total. The third kappa shape index (κ3) is 4.68. The summed E-state index contributed by atoms with van der Waals surface area (Å²) in [7, 11) is 0. The molecule has 1 amide bonds. The van der Waals surface area contributed by atoms with Crippen LogP contribution in [0.5, 0.6) is 0 Å². The van der Waals surface area contributed by atoms with E-state index in [1.54, 1.807) is 0 Å². The summed E-state index contributed by atoms with van der Waals surface area (Å²) in [6, 6.07) is 7.80. The first kappa shape index (κ1) is 15.2. The van der Waals surface area contributed by atoms with E-state index in [2.05, 4.69) is 20.6 Å². The highest BCUT2D eigenvalue weighted by Gasteiger charge is 2.03. The number of fused-ring (bicyclic) bond motifs is 1. The highest BCUT2D eigenvalue weighted by molar-refractivity contribution is 5.88. The number of aromatic nitrogens is 2. The Hall–Kier alpha value is -2.21. The molecule has 0 radical (unpaired) electrons. The van der Waals surface area contributed by atoms with E-state index in [4.69, 9.17) is 5.11 Å². The van der Waals surface area contributed by atoms with Gasteiger partial charge in [-0.05, 0) is 25.0 Å². The number of carbonyl (C=O) groups is 1. The first-order valence-corrected chi connectivity index (χ1v) is 7.12. The molecule has 0 spiro atoms. The Balaban J connectivity index is 1.76. The van der Waals surface area contributed by atoms with Gasteiger partial charge in [-0.2, -0.15) is 0 Å². The minimum atomic E-state index is 0.0118. The molecule has 21 heavy (non-hydrogen) atoms. The molecule has 0 aliphatic carbocycles. The fourth-order valence-corrected chi connectivity index (χ4v) is 2.00. The molecule has 0 atom stereocenters. The van der Waals surface area contributed by atoms with Crippen LogP contribution in [-0.4, -0.2) is 40.7 Å². The van der Waals surface area contributed by atoms with E-state index in [0.717, 1.165) is 23.1 Å². The zero-order valence-corrected chi connectivity index (χ0v) is 11.9. The van der Waals surface area contributed by atoms with Gasteiger partial charge in [0.05, 0.1) is 5.52 Å². The number of anilines is 1. The average molecular weight is 288 g/mol. The molecule has 6 nitrogen and oxygen atoms in total. The Morgan fingerprint density at radius 2 is 2.00 bits per heavy atom. The maximum Gasteiger partial charge on any atom is 0.220 e. The van der Waals surface area contributed by atoms with E-state index < -0.39 is 0 Å². The van der Waals surface area contributed by atoms with Gasteiger partial charge in [-0.1, -0.05) is 12.1 Å². The SMILES string of the molecule is O=C(CCCNc1ncnc2ccccc12)NCCCO. The van der Waals surface area contributed by atoms with Crippen LogP contribution in [0, 0.1) is 0 Å². The molecule has 6 heteroatoms. The van der Waals surface area contributed by atoms with Crippen LogP contribution in [-0.2, 0) is 4.79 Å². The molecule has 0 aliphatic rings. The van der Waals surface area contributed by atoms with Crippen molar-refractivity contribution in [2.45, 2.75) is 19.3 Å². The van der Waals surface area contributed by atoms with Crippen molar-refractivity contribution in [2.75, 3.05) is 25.0 Å². The van der Waals surface area contributed by atoms with Crippen LogP contribution < -0.4 is 10.6 Å². The predicted octanol–water partition coefficient (Wildman–Crippen LogP) is 1.32. The van der Waals surface area contributed by atoms with E-state index in [1.807, 2.05) is 24.3 Å². The van der Waals surface area contributed by atoms with Crippen molar-refractivity contribution in [3.8, 4) is 0 Å². The quantitative estimate of drug-likeness (QED) is 0.638. The highest BCUT2D eigenvalue weighted by atomic mass is 16.3. The fourth-order valence-electron chi connectivity index (χ4n) is 2.00. The second-order valence-corrected chi connectivity index (χ2v) is 4.70. The van der Waals surface area contributed by atoms with Crippen molar-refractivity contribution in [3.05, 3.63) is 30.6 Å². The van der Waals surface area contributed by atoms with Crippen LogP contribution >= 0.6 is 0 Å². The number of rotatable bonds is 8. The number of aliphatic hydroxyl groups is 1. The summed E-state index contributed by atoms with van der Waals surface area (Å²) >= 11 is 0. The summed E-state index contributed by atoms with van der Waals surface area (Å²) in [6.07, 6.45) is 3.31. The average Bonchev–Trinajstić information content (AvgIpc) is 2.52. The molecule has 0 fully saturated rings. The first-order chi connectivity index (χ1) is 10.3. The lowest BCUT2D eigenvalue weighted by atomic mass is 10.2. The number of hydrogen-bond acceptors (Lipinski definition) is 5. The molecule has 1 aromatic carbocycles. The lowest BCUT2D eigenvalue weighted by Crippen LogP contribution is -2.25. The Bertz CT molecular complexity index is 583. The number of carbonyl (C=O) groups excluding carboxylic acids is 1. The third-order valence-corrected chi connectivity index (χ3v) is 3.07. The largest absolute Gasteiger partial charge is 0.396 e. The van der Waals surface area contributed by atoms with Crippen molar-refractivity contribution < 1.29 is 9.90 Å². The summed E-state index contributed by atoms with van der Waals surface area (Å²) < 4.78 is 0. The van der Waals surface area contributed by atoms with Crippen LogP contribution in [0.4, 0.5) is 5.82 Å². The van der Waals surface area contributed by atoms with Crippen LogP contribution in [0.25, 0.3) is 10.9 Å². The van der Waals surface area contributed by atoms with E-state index >= 15 is 0 Å². The molecule has 112 valence electrons. The van der Waals surface area contributed by atoms with Crippen molar-refractivity contribution in [2.24, 2.45) is 0 Å². The molecule has 1 aromatic heterocycles. The Kier molecular flexibility index (Phi) is 5.90. The number of nitrogens with zero attached hydrogens (tertiary/aromatic N) is 2. The van der Waals surface area contributed by atoms with E-state index in [0.29, 0.717) is 25.9 Å². The van der Waals surface area contributed by atoms with Crippen molar-refractivity contribution in [3.63, 3.8) is 0 Å². The van der Waals surface area contributed by atoms with Crippen LogP contribution in [0.15, 0.2) is 30.6 Å². The Labute approximate surface area is 123 Å². The van der Waals surface area contributed by atoms with Crippen molar-refractivity contribution in [1.29, 1.82) is 0 Å². The zero-order chi connectivity index (χ0) is 14.9. The van der Waals surface area contributed by atoms with Crippen molar-refractivity contribution in [1.82, 2.24) is 15.3 Å². The van der Waals surface area contributed by atoms with Gasteiger partial charge in [-0.15, -0.1) is 0 Å². The number of amides is 1. The molecule has 2 rings (SSSR count). The van der Waals surface area contributed by atoms with Gasteiger partial charge in [0.2, 0.25) is 5.91 Å². The molecule has 2 aromatic rings. The standard InChI is InChI=1S/C15H20N4O2/c20-10-4-9-16-14(21)7-3-8-17-15-12-5-1-2-6-13(12)18-11-19-15/h1-2,5-6,11,20H,3-4,7-10H2,(H,16,21)(H,17,18,19). The van der Waals surface area contributed by atoms with Gasteiger partial charge < -0.3 is 15.7 Å². The topological polar surface area (TPSA) is 87.1 Å². The van der Waals surface area contributed by atoms with E-state index in [9.17, 15) is 4.79 Å². The van der Waals surface area contributed by atoms with E-state index in [-0.39, 0.29) is 12.5 Å². The summed E-state index contributed by atoms with van der Waals surface area (Å²) in [4.78, 5) is 19.9. The Morgan fingerprint density at radius 3 is 2.86 bits per heavy atom. The second-order valence-electron chi connectivity index (χ2n) is 4.70. The van der Waals surface area contributed by atoms with Gasteiger partial charge in [-0.3, -0.25) is 4.79 Å².